The number of ether oxygens (including phenoxy) is 1. The van der Waals surface area contributed by atoms with Crippen molar-refractivity contribution in [2.45, 2.75) is 17.7 Å². The summed E-state index contributed by atoms with van der Waals surface area (Å²) in [6.45, 7) is 1.28. The molecular weight excluding hydrogens is 373 g/mol. The second-order valence-electron chi connectivity index (χ2n) is 5.56. The maximum atomic E-state index is 12.0. The van der Waals surface area contributed by atoms with Crippen LogP contribution in [0.4, 0.5) is 0 Å². The number of halogens is 2. The summed E-state index contributed by atoms with van der Waals surface area (Å²) >= 11 is 13.2. The summed E-state index contributed by atoms with van der Waals surface area (Å²) in [7, 11) is 0. The second kappa shape index (κ2) is 9.51. The molecule has 1 amide bonds. The minimum Gasteiger partial charge on any atom is -0.481 e. The molecule has 1 atom stereocenters. The molecule has 2 N–H and O–H groups in total. The van der Waals surface area contributed by atoms with Gasteiger partial charge >= 0.3 is 5.97 Å². The van der Waals surface area contributed by atoms with E-state index in [9.17, 15) is 14.7 Å². The molecule has 1 aliphatic heterocycles. The first-order valence-electron chi connectivity index (χ1n) is 7.62. The Morgan fingerprint density at radius 3 is 2.71 bits per heavy atom. The molecule has 0 saturated carbocycles. The Bertz CT molecular complexity index is 593. The molecule has 1 saturated heterocycles. The number of amides is 1. The minimum absolute atomic E-state index is 0.0339. The number of carboxylic acids is 1. The fourth-order valence-corrected chi connectivity index (χ4v) is 3.90. The Hall–Kier alpha value is -0.950. The second-order valence-corrected chi connectivity index (χ2v) is 7.42. The van der Waals surface area contributed by atoms with E-state index in [0.717, 1.165) is 4.90 Å². The van der Waals surface area contributed by atoms with Crippen LogP contribution in [0.2, 0.25) is 10.0 Å². The van der Waals surface area contributed by atoms with Crippen molar-refractivity contribution in [1.29, 1.82) is 0 Å². The van der Waals surface area contributed by atoms with Crippen LogP contribution in [0.5, 0.6) is 0 Å². The Morgan fingerprint density at radius 1 is 1.33 bits per heavy atom. The highest BCUT2D eigenvalue weighted by Crippen LogP contribution is 2.29. The number of benzene rings is 1. The molecular formula is C16H19Cl2NO4S. The number of hydrogen-bond donors (Lipinski definition) is 2. The molecule has 0 bridgehead atoms. The van der Waals surface area contributed by atoms with Crippen molar-refractivity contribution >= 4 is 46.8 Å². The first-order valence-corrected chi connectivity index (χ1v) is 9.36. The van der Waals surface area contributed by atoms with Gasteiger partial charge in [-0.1, -0.05) is 23.2 Å². The van der Waals surface area contributed by atoms with Gasteiger partial charge in [-0.25, -0.2) is 0 Å². The van der Waals surface area contributed by atoms with Crippen molar-refractivity contribution in [2.24, 2.45) is 11.8 Å². The first-order chi connectivity index (χ1) is 11.5. The molecule has 8 heteroatoms. The Morgan fingerprint density at radius 2 is 2.04 bits per heavy atom. The largest absolute Gasteiger partial charge is 0.481 e. The molecule has 1 fully saturated rings. The summed E-state index contributed by atoms with van der Waals surface area (Å²) in [5.74, 6) is -1.51. The van der Waals surface area contributed by atoms with Crippen LogP contribution in [-0.2, 0) is 14.3 Å². The van der Waals surface area contributed by atoms with Crippen molar-refractivity contribution in [3.63, 3.8) is 0 Å². The van der Waals surface area contributed by atoms with E-state index in [0.29, 0.717) is 36.1 Å². The first kappa shape index (κ1) is 19.4. The van der Waals surface area contributed by atoms with Crippen molar-refractivity contribution in [2.75, 3.05) is 25.5 Å². The molecule has 132 valence electrons. The van der Waals surface area contributed by atoms with Gasteiger partial charge in [-0.3, -0.25) is 9.59 Å². The third-order valence-electron chi connectivity index (χ3n) is 3.92. The average Bonchev–Trinajstić information content (AvgIpc) is 2.56. The monoisotopic (exact) mass is 391 g/mol. The fourth-order valence-electron chi connectivity index (χ4n) is 2.58. The van der Waals surface area contributed by atoms with Gasteiger partial charge in [0, 0.05) is 29.7 Å². The van der Waals surface area contributed by atoms with E-state index in [2.05, 4.69) is 5.32 Å². The SMILES string of the molecule is O=C(CSc1cc(Cl)ccc1Cl)NCC(C(=O)O)C1CCOCC1. The maximum absolute atomic E-state index is 12.0. The number of aliphatic carboxylic acids is 1. The van der Waals surface area contributed by atoms with Crippen molar-refractivity contribution < 1.29 is 19.4 Å². The molecule has 2 rings (SSSR count). The summed E-state index contributed by atoms with van der Waals surface area (Å²) in [5, 5.41) is 13.2. The zero-order valence-electron chi connectivity index (χ0n) is 13.0. The van der Waals surface area contributed by atoms with Crippen LogP contribution in [0.25, 0.3) is 0 Å². The third-order valence-corrected chi connectivity index (χ3v) is 5.66. The number of carbonyl (C=O) groups excluding carboxylic acids is 1. The topological polar surface area (TPSA) is 75.6 Å². The van der Waals surface area contributed by atoms with Gasteiger partial charge in [0.25, 0.3) is 0 Å². The number of rotatable bonds is 7. The molecule has 0 aliphatic carbocycles. The smallest absolute Gasteiger partial charge is 0.308 e. The molecule has 0 radical (unpaired) electrons. The van der Waals surface area contributed by atoms with E-state index in [1.807, 2.05) is 0 Å². The van der Waals surface area contributed by atoms with Crippen LogP contribution in [0.1, 0.15) is 12.8 Å². The van der Waals surface area contributed by atoms with Gasteiger partial charge < -0.3 is 15.2 Å². The highest BCUT2D eigenvalue weighted by molar-refractivity contribution is 8.00. The zero-order valence-corrected chi connectivity index (χ0v) is 15.3. The van der Waals surface area contributed by atoms with E-state index in [4.69, 9.17) is 27.9 Å². The van der Waals surface area contributed by atoms with Crippen LogP contribution in [0.15, 0.2) is 23.1 Å². The lowest BCUT2D eigenvalue weighted by molar-refractivity contribution is -0.144. The average molecular weight is 392 g/mol. The van der Waals surface area contributed by atoms with Gasteiger partial charge in [-0.05, 0) is 37.0 Å². The molecule has 0 aromatic heterocycles. The quantitative estimate of drug-likeness (QED) is 0.697. The van der Waals surface area contributed by atoms with Gasteiger partial charge in [-0.2, -0.15) is 0 Å². The number of carbonyl (C=O) groups is 2. The van der Waals surface area contributed by atoms with E-state index in [-0.39, 0.29) is 24.1 Å². The van der Waals surface area contributed by atoms with E-state index >= 15 is 0 Å². The molecule has 0 spiro atoms. The normalized spacial score (nSPS) is 16.6. The van der Waals surface area contributed by atoms with E-state index in [1.54, 1.807) is 18.2 Å². The van der Waals surface area contributed by atoms with E-state index in [1.165, 1.54) is 11.8 Å². The van der Waals surface area contributed by atoms with Crippen LogP contribution in [-0.4, -0.2) is 42.5 Å². The molecule has 1 heterocycles. The lowest BCUT2D eigenvalue weighted by atomic mass is 9.86. The van der Waals surface area contributed by atoms with Crippen LogP contribution < -0.4 is 5.32 Å². The van der Waals surface area contributed by atoms with Gasteiger partial charge in [0.05, 0.1) is 16.7 Å². The summed E-state index contributed by atoms with van der Waals surface area (Å²) < 4.78 is 5.26. The highest BCUT2D eigenvalue weighted by Gasteiger charge is 2.29. The van der Waals surface area contributed by atoms with Gasteiger partial charge in [0.1, 0.15) is 0 Å². The van der Waals surface area contributed by atoms with Crippen molar-refractivity contribution in [1.82, 2.24) is 5.32 Å². The molecule has 24 heavy (non-hydrogen) atoms. The Kier molecular flexibility index (Phi) is 7.68. The maximum Gasteiger partial charge on any atom is 0.308 e. The van der Waals surface area contributed by atoms with Crippen LogP contribution in [0, 0.1) is 11.8 Å². The molecule has 5 nitrogen and oxygen atoms in total. The van der Waals surface area contributed by atoms with Gasteiger partial charge in [-0.15, -0.1) is 11.8 Å². The molecule has 1 aliphatic rings. The zero-order chi connectivity index (χ0) is 17.5. The minimum atomic E-state index is -0.882. The predicted molar refractivity (Wildman–Crippen MR) is 94.9 cm³/mol. The molecule has 1 unspecified atom stereocenters. The standard InChI is InChI=1S/C16H19Cl2NO4S/c17-11-1-2-13(18)14(7-11)24-9-15(20)19-8-12(16(21)22)10-3-5-23-6-4-10/h1-2,7,10,12H,3-6,8-9H2,(H,19,20)(H,21,22). The lowest BCUT2D eigenvalue weighted by Gasteiger charge is -2.27. The molecule has 1 aromatic rings. The Balaban J connectivity index is 1.82. The number of nitrogens with one attached hydrogen (secondary N) is 1. The van der Waals surface area contributed by atoms with Gasteiger partial charge in [0.15, 0.2) is 0 Å². The highest BCUT2D eigenvalue weighted by atomic mass is 35.5. The fraction of sp³-hybridized carbons (Fsp3) is 0.500. The summed E-state index contributed by atoms with van der Waals surface area (Å²) in [5.41, 5.74) is 0. The van der Waals surface area contributed by atoms with Crippen LogP contribution >= 0.6 is 35.0 Å². The lowest BCUT2D eigenvalue weighted by Crippen LogP contribution is -2.39. The van der Waals surface area contributed by atoms with Crippen molar-refractivity contribution in [3.05, 3.63) is 28.2 Å². The molecule has 1 aromatic carbocycles. The number of carboxylic acid groups (broad SMARTS) is 1. The van der Waals surface area contributed by atoms with Crippen molar-refractivity contribution in [3.8, 4) is 0 Å². The summed E-state index contributed by atoms with van der Waals surface area (Å²) in [6.07, 6.45) is 1.42. The number of hydrogen-bond acceptors (Lipinski definition) is 4. The number of thioether (sulfide) groups is 1. The van der Waals surface area contributed by atoms with Crippen LogP contribution in [0.3, 0.4) is 0 Å². The third kappa shape index (κ3) is 5.84. The summed E-state index contributed by atoms with van der Waals surface area (Å²) in [6, 6.07) is 5.05. The predicted octanol–water partition coefficient (Wildman–Crippen LogP) is 3.33. The van der Waals surface area contributed by atoms with E-state index < -0.39 is 11.9 Å². The summed E-state index contributed by atoms with van der Waals surface area (Å²) in [4.78, 5) is 24.2. The Labute approximate surface area is 155 Å². The van der Waals surface area contributed by atoms with Gasteiger partial charge in [0.2, 0.25) is 5.91 Å².